The lowest BCUT2D eigenvalue weighted by atomic mass is 9.99. The normalized spacial score (nSPS) is 26.3. The number of likely N-dealkylation sites (N-methyl/N-ethyl adjacent to an activating group) is 1. The largest absolute Gasteiger partial charge is 0.370 e. The molecule has 0 unspecified atom stereocenters. The van der Waals surface area contributed by atoms with Crippen molar-refractivity contribution in [3.63, 3.8) is 0 Å². The third-order valence-corrected chi connectivity index (χ3v) is 4.69. The van der Waals surface area contributed by atoms with E-state index in [1.54, 1.807) is 14.1 Å². The molecule has 2 saturated heterocycles. The van der Waals surface area contributed by atoms with Gasteiger partial charge in [-0.15, -0.1) is 0 Å². The van der Waals surface area contributed by atoms with Gasteiger partial charge in [-0.1, -0.05) is 0 Å². The fourth-order valence-corrected chi connectivity index (χ4v) is 3.31. The second kappa shape index (κ2) is 7.44. The highest BCUT2D eigenvalue weighted by atomic mass is 16.5. The lowest BCUT2D eigenvalue weighted by molar-refractivity contribution is -0.137. The molecule has 1 amide bonds. The summed E-state index contributed by atoms with van der Waals surface area (Å²) in [7, 11) is 3.46. The Morgan fingerprint density at radius 3 is 2.79 bits per heavy atom. The summed E-state index contributed by atoms with van der Waals surface area (Å²) in [6.45, 7) is 3.51. The van der Waals surface area contributed by atoms with Crippen molar-refractivity contribution in [2.75, 3.05) is 38.8 Å². The quantitative estimate of drug-likeness (QED) is 0.801. The number of ether oxygens (including phenoxy) is 2. The van der Waals surface area contributed by atoms with E-state index in [0.29, 0.717) is 12.6 Å². The Bertz CT molecular complexity index is 563. The molecule has 0 N–H and O–H groups in total. The fraction of sp³-hybridized carbons (Fsp3) is 0.706. The Labute approximate surface area is 143 Å². The van der Waals surface area contributed by atoms with Gasteiger partial charge in [0.15, 0.2) is 0 Å². The molecule has 7 nitrogen and oxygen atoms in total. The molecule has 1 aromatic heterocycles. The number of nitrogens with zero attached hydrogens (tertiary/aromatic N) is 4. The van der Waals surface area contributed by atoms with Crippen molar-refractivity contribution < 1.29 is 14.3 Å². The zero-order valence-corrected chi connectivity index (χ0v) is 14.6. The van der Waals surface area contributed by atoms with Gasteiger partial charge in [0.05, 0.1) is 24.9 Å². The van der Waals surface area contributed by atoms with Gasteiger partial charge in [-0.05, 0) is 31.7 Å². The molecule has 2 aliphatic rings. The van der Waals surface area contributed by atoms with Gasteiger partial charge in [-0.3, -0.25) is 4.79 Å². The molecule has 2 fully saturated rings. The van der Waals surface area contributed by atoms with Crippen LogP contribution in [0.3, 0.4) is 0 Å². The Morgan fingerprint density at radius 1 is 1.33 bits per heavy atom. The third kappa shape index (κ3) is 3.84. The average molecular weight is 334 g/mol. The molecular weight excluding hydrogens is 308 g/mol. The molecule has 0 bridgehead atoms. The van der Waals surface area contributed by atoms with Crippen LogP contribution in [0.2, 0.25) is 0 Å². The number of carbonyl (C=O) groups is 1. The first-order valence-corrected chi connectivity index (χ1v) is 8.53. The number of amides is 1. The van der Waals surface area contributed by atoms with Crippen LogP contribution in [0.5, 0.6) is 0 Å². The monoisotopic (exact) mass is 334 g/mol. The summed E-state index contributed by atoms with van der Waals surface area (Å²) >= 11 is 0. The van der Waals surface area contributed by atoms with E-state index >= 15 is 0 Å². The highest BCUT2D eigenvalue weighted by Gasteiger charge is 2.40. The molecule has 3 atom stereocenters. The van der Waals surface area contributed by atoms with E-state index in [1.165, 1.54) is 4.90 Å². The van der Waals surface area contributed by atoms with Gasteiger partial charge < -0.3 is 19.3 Å². The van der Waals surface area contributed by atoms with E-state index in [1.807, 2.05) is 19.3 Å². The van der Waals surface area contributed by atoms with Gasteiger partial charge in [0.25, 0.3) is 0 Å². The maximum atomic E-state index is 11.5. The smallest absolute Gasteiger partial charge is 0.248 e. The lowest BCUT2D eigenvalue weighted by Gasteiger charge is -2.35. The highest BCUT2D eigenvalue weighted by molar-refractivity contribution is 5.76. The molecule has 24 heavy (non-hydrogen) atoms. The van der Waals surface area contributed by atoms with Crippen LogP contribution in [0.15, 0.2) is 12.4 Å². The van der Waals surface area contributed by atoms with Crippen molar-refractivity contribution in [3.8, 4) is 0 Å². The predicted molar refractivity (Wildman–Crippen MR) is 89.9 cm³/mol. The molecule has 0 radical (unpaired) electrons. The van der Waals surface area contributed by atoms with Gasteiger partial charge in [-0.25, -0.2) is 9.97 Å². The van der Waals surface area contributed by atoms with Crippen molar-refractivity contribution in [2.24, 2.45) is 0 Å². The summed E-state index contributed by atoms with van der Waals surface area (Å²) in [6.07, 6.45) is 6.93. The van der Waals surface area contributed by atoms with Crippen molar-refractivity contribution in [3.05, 3.63) is 18.0 Å². The number of anilines is 1. The topological polar surface area (TPSA) is 67.8 Å². The molecule has 7 heteroatoms. The molecule has 3 rings (SSSR count). The number of aromatic nitrogens is 2. The van der Waals surface area contributed by atoms with Gasteiger partial charge in [0.1, 0.15) is 6.61 Å². The number of carbonyl (C=O) groups excluding carboxylic acids is 1. The van der Waals surface area contributed by atoms with E-state index in [0.717, 1.165) is 37.3 Å². The molecule has 132 valence electrons. The van der Waals surface area contributed by atoms with Crippen LogP contribution in [0.1, 0.15) is 24.8 Å². The minimum atomic E-state index is -0.0211. The number of hydrogen-bond acceptors (Lipinski definition) is 6. The van der Waals surface area contributed by atoms with Gasteiger partial charge in [0.2, 0.25) is 11.9 Å². The predicted octanol–water partition coefficient (Wildman–Crippen LogP) is 1.02. The summed E-state index contributed by atoms with van der Waals surface area (Å²) in [5, 5.41) is 0. The first kappa shape index (κ1) is 17.1. The standard InChI is InChI=1S/C17H26N4O3/c1-12-8-18-17(19-9-12)21-7-6-15-14(21)5-4-13(24-15)10-23-11-16(22)20(2)3/h8-9,13-15H,4-7,10-11H2,1-3H3/t13-,14+,15+/m1/s1. The summed E-state index contributed by atoms with van der Waals surface area (Å²) in [5.74, 6) is 0.773. The molecule has 0 aromatic carbocycles. The number of fused-ring (bicyclic) bond motifs is 1. The van der Waals surface area contributed by atoms with Crippen LogP contribution < -0.4 is 4.90 Å². The van der Waals surface area contributed by atoms with E-state index in [2.05, 4.69) is 14.9 Å². The molecule has 1 aromatic rings. The highest BCUT2D eigenvalue weighted by Crippen LogP contribution is 2.33. The van der Waals surface area contributed by atoms with E-state index in [9.17, 15) is 4.79 Å². The zero-order valence-electron chi connectivity index (χ0n) is 14.6. The maximum Gasteiger partial charge on any atom is 0.248 e. The lowest BCUT2D eigenvalue weighted by Crippen LogP contribution is -2.44. The Balaban J connectivity index is 1.50. The zero-order chi connectivity index (χ0) is 17.1. The summed E-state index contributed by atoms with van der Waals surface area (Å²) in [5.41, 5.74) is 1.07. The second-order valence-electron chi connectivity index (χ2n) is 6.79. The van der Waals surface area contributed by atoms with Crippen LogP contribution in [-0.2, 0) is 14.3 Å². The van der Waals surface area contributed by atoms with Crippen LogP contribution in [0, 0.1) is 6.92 Å². The maximum absolute atomic E-state index is 11.5. The third-order valence-electron chi connectivity index (χ3n) is 4.69. The van der Waals surface area contributed by atoms with Gasteiger partial charge in [0, 0.05) is 33.0 Å². The first-order chi connectivity index (χ1) is 11.5. The number of aryl methyl sites for hydroxylation is 1. The van der Waals surface area contributed by atoms with E-state index in [4.69, 9.17) is 9.47 Å². The number of rotatable bonds is 5. The van der Waals surface area contributed by atoms with Crippen LogP contribution in [0.25, 0.3) is 0 Å². The van der Waals surface area contributed by atoms with Crippen LogP contribution >= 0.6 is 0 Å². The van der Waals surface area contributed by atoms with Crippen molar-refractivity contribution in [1.29, 1.82) is 0 Å². The van der Waals surface area contributed by atoms with E-state index < -0.39 is 0 Å². The summed E-state index contributed by atoms with van der Waals surface area (Å²) < 4.78 is 11.7. The molecule has 0 saturated carbocycles. The Hall–Kier alpha value is -1.73. The van der Waals surface area contributed by atoms with Gasteiger partial charge in [-0.2, -0.15) is 0 Å². The fourth-order valence-electron chi connectivity index (χ4n) is 3.31. The molecular formula is C17H26N4O3. The molecule has 3 heterocycles. The average Bonchev–Trinajstić information content (AvgIpc) is 2.98. The molecule has 0 aliphatic carbocycles. The molecule has 0 spiro atoms. The Morgan fingerprint density at radius 2 is 2.08 bits per heavy atom. The SMILES string of the molecule is Cc1cnc(N2CC[C@@H]3O[C@@H](COCC(=O)N(C)C)CC[C@@H]32)nc1. The van der Waals surface area contributed by atoms with Gasteiger partial charge >= 0.3 is 0 Å². The van der Waals surface area contributed by atoms with Crippen molar-refractivity contribution >= 4 is 11.9 Å². The van der Waals surface area contributed by atoms with Crippen molar-refractivity contribution in [1.82, 2.24) is 14.9 Å². The van der Waals surface area contributed by atoms with E-state index in [-0.39, 0.29) is 24.7 Å². The van der Waals surface area contributed by atoms with Crippen LogP contribution in [-0.4, -0.2) is 72.9 Å². The second-order valence-corrected chi connectivity index (χ2v) is 6.79. The minimum absolute atomic E-state index is 0.0211. The summed E-state index contributed by atoms with van der Waals surface area (Å²) in [6, 6.07) is 0.340. The number of hydrogen-bond donors (Lipinski definition) is 0. The van der Waals surface area contributed by atoms with Crippen LogP contribution in [0.4, 0.5) is 5.95 Å². The molecule has 2 aliphatic heterocycles. The first-order valence-electron chi connectivity index (χ1n) is 8.53. The Kier molecular flexibility index (Phi) is 5.30. The van der Waals surface area contributed by atoms with Crippen molar-refractivity contribution in [2.45, 2.75) is 44.4 Å². The minimum Gasteiger partial charge on any atom is -0.370 e. The summed E-state index contributed by atoms with van der Waals surface area (Å²) in [4.78, 5) is 24.2.